The van der Waals surface area contributed by atoms with Gasteiger partial charge >= 0.3 is 12.0 Å². The first kappa shape index (κ1) is 15.7. The van der Waals surface area contributed by atoms with E-state index < -0.39 is 5.97 Å². The maximum absolute atomic E-state index is 12.1. The number of rotatable bonds is 6. The Morgan fingerprint density at radius 1 is 1.24 bits per heavy atom. The second-order valence-electron chi connectivity index (χ2n) is 4.60. The van der Waals surface area contributed by atoms with E-state index in [1.165, 1.54) is 0 Å². The normalized spacial score (nSPS) is 12.4. The van der Waals surface area contributed by atoms with Crippen molar-refractivity contribution in [2.75, 3.05) is 20.1 Å². The molecule has 0 aliphatic carbocycles. The van der Waals surface area contributed by atoms with Gasteiger partial charge < -0.3 is 14.9 Å². The van der Waals surface area contributed by atoms with Crippen LogP contribution in [0.4, 0.5) is 4.79 Å². The molecular formula is C12H24N2O3. The summed E-state index contributed by atoms with van der Waals surface area (Å²) < 4.78 is 0. The number of aliphatic carboxylic acids is 1. The summed E-state index contributed by atoms with van der Waals surface area (Å²) in [7, 11) is 1.76. The Balaban J connectivity index is 4.47. The van der Waals surface area contributed by atoms with Gasteiger partial charge in [-0.05, 0) is 19.8 Å². The summed E-state index contributed by atoms with van der Waals surface area (Å²) in [5.74, 6) is -0.502. The Kier molecular flexibility index (Phi) is 6.61. The van der Waals surface area contributed by atoms with Gasteiger partial charge in [0.15, 0.2) is 0 Å². The van der Waals surface area contributed by atoms with Crippen molar-refractivity contribution in [2.24, 2.45) is 5.92 Å². The first-order valence-corrected chi connectivity index (χ1v) is 6.04. The Labute approximate surface area is 103 Å². The Bertz CT molecular complexity index is 266. The lowest BCUT2D eigenvalue weighted by atomic mass is 10.1. The molecule has 5 heteroatoms. The third-order valence-corrected chi connectivity index (χ3v) is 3.13. The number of hydrogen-bond donors (Lipinski definition) is 1. The molecule has 0 heterocycles. The van der Waals surface area contributed by atoms with Gasteiger partial charge in [-0.25, -0.2) is 4.79 Å². The van der Waals surface area contributed by atoms with E-state index in [4.69, 9.17) is 5.11 Å². The first-order valence-electron chi connectivity index (χ1n) is 6.04. The Hall–Kier alpha value is -1.26. The number of carboxylic acid groups (broad SMARTS) is 1. The van der Waals surface area contributed by atoms with Crippen LogP contribution in [-0.4, -0.2) is 53.1 Å². The monoisotopic (exact) mass is 244 g/mol. The zero-order chi connectivity index (χ0) is 13.6. The number of carboxylic acids is 1. The lowest BCUT2D eigenvalue weighted by Crippen LogP contribution is -2.47. The summed E-state index contributed by atoms with van der Waals surface area (Å²) in [5.41, 5.74) is 0. The molecule has 0 bridgehead atoms. The molecule has 100 valence electrons. The predicted octanol–water partition coefficient (Wildman–Crippen LogP) is 1.88. The largest absolute Gasteiger partial charge is 0.481 e. The molecule has 0 aromatic rings. The number of amides is 2. The van der Waals surface area contributed by atoms with Crippen molar-refractivity contribution in [1.82, 2.24) is 9.80 Å². The van der Waals surface area contributed by atoms with Crippen LogP contribution >= 0.6 is 0 Å². The molecule has 1 unspecified atom stereocenters. The van der Waals surface area contributed by atoms with Gasteiger partial charge in [-0.1, -0.05) is 13.8 Å². The SMILES string of the molecule is CCN(CCC(=O)O)C(=O)N(C)C(C)C(C)C. The molecule has 2 amide bonds. The highest BCUT2D eigenvalue weighted by atomic mass is 16.4. The van der Waals surface area contributed by atoms with Crippen LogP contribution in [0.15, 0.2) is 0 Å². The topological polar surface area (TPSA) is 60.9 Å². The zero-order valence-electron chi connectivity index (χ0n) is 11.4. The van der Waals surface area contributed by atoms with Crippen LogP contribution in [0.3, 0.4) is 0 Å². The number of carbonyl (C=O) groups excluding carboxylic acids is 1. The van der Waals surface area contributed by atoms with E-state index in [-0.39, 0.29) is 25.0 Å². The fraction of sp³-hybridized carbons (Fsp3) is 0.833. The van der Waals surface area contributed by atoms with E-state index in [0.717, 1.165) is 0 Å². The van der Waals surface area contributed by atoms with Gasteiger partial charge in [0.05, 0.1) is 6.42 Å². The van der Waals surface area contributed by atoms with E-state index in [2.05, 4.69) is 13.8 Å². The van der Waals surface area contributed by atoms with Gasteiger partial charge in [0.25, 0.3) is 0 Å². The van der Waals surface area contributed by atoms with Gasteiger partial charge in [0, 0.05) is 26.2 Å². The van der Waals surface area contributed by atoms with Gasteiger partial charge in [0.1, 0.15) is 0 Å². The lowest BCUT2D eigenvalue weighted by molar-refractivity contribution is -0.137. The number of urea groups is 1. The molecule has 17 heavy (non-hydrogen) atoms. The maximum Gasteiger partial charge on any atom is 0.319 e. The standard InChI is InChI=1S/C12H24N2O3/c1-6-14(8-7-11(15)16)12(17)13(5)10(4)9(2)3/h9-10H,6-8H2,1-5H3,(H,15,16). The van der Waals surface area contributed by atoms with E-state index in [1.54, 1.807) is 16.8 Å². The van der Waals surface area contributed by atoms with E-state index in [9.17, 15) is 9.59 Å². The number of carbonyl (C=O) groups is 2. The number of hydrogen-bond acceptors (Lipinski definition) is 2. The van der Waals surface area contributed by atoms with E-state index in [1.807, 2.05) is 13.8 Å². The fourth-order valence-corrected chi connectivity index (χ4v) is 1.46. The summed E-state index contributed by atoms with van der Waals surface area (Å²) in [6.45, 7) is 8.76. The molecule has 0 aliphatic heterocycles. The van der Waals surface area contributed by atoms with Gasteiger partial charge in [-0.2, -0.15) is 0 Å². The highest BCUT2D eigenvalue weighted by Gasteiger charge is 2.22. The number of nitrogens with zero attached hydrogens (tertiary/aromatic N) is 2. The molecule has 0 saturated carbocycles. The van der Waals surface area contributed by atoms with Crippen molar-refractivity contribution < 1.29 is 14.7 Å². The highest BCUT2D eigenvalue weighted by Crippen LogP contribution is 2.10. The summed E-state index contributed by atoms with van der Waals surface area (Å²) in [4.78, 5) is 25.8. The molecule has 0 radical (unpaired) electrons. The molecule has 0 aromatic carbocycles. The second kappa shape index (κ2) is 7.14. The highest BCUT2D eigenvalue weighted by molar-refractivity contribution is 5.75. The van der Waals surface area contributed by atoms with Gasteiger partial charge in [-0.15, -0.1) is 0 Å². The van der Waals surface area contributed by atoms with Crippen molar-refractivity contribution in [1.29, 1.82) is 0 Å². The average Bonchev–Trinajstić information content (AvgIpc) is 2.26. The predicted molar refractivity (Wildman–Crippen MR) is 67.0 cm³/mol. The van der Waals surface area contributed by atoms with Gasteiger partial charge in [0.2, 0.25) is 0 Å². The smallest absolute Gasteiger partial charge is 0.319 e. The summed E-state index contributed by atoms with van der Waals surface area (Å²) in [6.07, 6.45) is -0.0104. The van der Waals surface area contributed by atoms with Crippen molar-refractivity contribution in [3.63, 3.8) is 0 Å². The molecule has 1 atom stereocenters. The molecule has 0 aliphatic rings. The third kappa shape index (κ3) is 5.06. The molecule has 0 rings (SSSR count). The van der Waals surface area contributed by atoms with Crippen LogP contribution < -0.4 is 0 Å². The first-order chi connectivity index (χ1) is 7.81. The van der Waals surface area contributed by atoms with Gasteiger partial charge in [-0.3, -0.25) is 4.79 Å². The summed E-state index contributed by atoms with van der Waals surface area (Å²) in [5, 5.41) is 8.62. The second-order valence-corrected chi connectivity index (χ2v) is 4.60. The van der Waals surface area contributed by atoms with Crippen molar-refractivity contribution in [2.45, 2.75) is 40.2 Å². The molecular weight excluding hydrogens is 220 g/mol. The molecule has 0 spiro atoms. The maximum atomic E-state index is 12.1. The van der Waals surface area contributed by atoms with Crippen molar-refractivity contribution in [3.8, 4) is 0 Å². The lowest BCUT2D eigenvalue weighted by Gasteiger charge is -2.33. The van der Waals surface area contributed by atoms with Crippen LogP contribution in [0.2, 0.25) is 0 Å². The Morgan fingerprint density at radius 3 is 2.12 bits per heavy atom. The van der Waals surface area contributed by atoms with Crippen molar-refractivity contribution >= 4 is 12.0 Å². The molecule has 1 N–H and O–H groups in total. The Morgan fingerprint density at radius 2 is 1.76 bits per heavy atom. The minimum absolute atomic E-state index is 0.0104. The van der Waals surface area contributed by atoms with Crippen LogP contribution in [0.25, 0.3) is 0 Å². The van der Waals surface area contributed by atoms with Crippen LogP contribution in [0.1, 0.15) is 34.1 Å². The average molecular weight is 244 g/mol. The third-order valence-electron chi connectivity index (χ3n) is 3.13. The summed E-state index contributed by atoms with van der Waals surface area (Å²) >= 11 is 0. The fourth-order valence-electron chi connectivity index (χ4n) is 1.46. The zero-order valence-corrected chi connectivity index (χ0v) is 11.4. The minimum Gasteiger partial charge on any atom is -0.481 e. The van der Waals surface area contributed by atoms with E-state index in [0.29, 0.717) is 12.5 Å². The van der Waals surface area contributed by atoms with Crippen LogP contribution in [0, 0.1) is 5.92 Å². The minimum atomic E-state index is -0.879. The molecule has 0 saturated heterocycles. The summed E-state index contributed by atoms with van der Waals surface area (Å²) in [6, 6.07) is 0.0383. The van der Waals surface area contributed by atoms with Crippen molar-refractivity contribution in [3.05, 3.63) is 0 Å². The molecule has 5 nitrogen and oxygen atoms in total. The van der Waals surface area contributed by atoms with E-state index >= 15 is 0 Å². The molecule has 0 aromatic heterocycles. The van der Waals surface area contributed by atoms with Crippen LogP contribution in [0.5, 0.6) is 0 Å². The molecule has 0 fully saturated rings. The quantitative estimate of drug-likeness (QED) is 0.776. The van der Waals surface area contributed by atoms with Crippen LogP contribution in [-0.2, 0) is 4.79 Å².